The molecule has 5 rings (SSSR count). The fraction of sp³-hybridized carbons (Fsp3) is 0.333. The fourth-order valence-electron chi connectivity index (χ4n) is 5.24. The molecule has 2 amide bonds. The van der Waals surface area contributed by atoms with Crippen molar-refractivity contribution in [2.45, 2.75) is 50.5 Å². The molecule has 230 valence electrons. The van der Waals surface area contributed by atoms with E-state index >= 15 is 0 Å². The van der Waals surface area contributed by atoms with Crippen molar-refractivity contribution in [3.05, 3.63) is 95.6 Å². The van der Waals surface area contributed by atoms with Crippen molar-refractivity contribution in [1.29, 1.82) is 0 Å². The molecule has 1 atom stereocenters. The van der Waals surface area contributed by atoms with Crippen molar-refractivity contribution in [1.82, 2.24) is 24.6 Å². The molecule has 11 heteroatoms. The average molecular weight is 622 g/mol. The zero-order valence-corrected chi connectivity index (χ0v) is 25.4. The number of hydrogen-bond donors (Lipinski definition) is 0. The first-order chi connectivity index (χ1) is 21.1. The summed E-state index contributed by atoms with van der Waals surface area (Å²) in [5.74, 6) is 1.10. The van der Waals surface area contributed by atoms with Gasteiger partial charge in [-0.05, 0) is 57.0 Å². The lowest BCUT2D eigenvalue weighted by Crippen LogP contribution is -2.55. The van der Waals surface area contributed by atoms with Crippen LogP contribution in [0.1, 0.15) is 47.7 Å². The number of aromatic nitrogens is 3. The smallest absolute Gasteiger partial charge is 0.339 e. The quantitative estimate of drug-likeness (QED) is 0.150. The summed E-state index contributed by atoms with van der Waals surface area (Å²) in [5, 5.41) is 9.76. The highest BCUT2D eigenvalue weighted by Crippen LogP contribution is 2.31. The maximum absolute atomic E-state index is 13.1. The molecular weight excluding hydrogens is 587 g/mol. The van der Waals surface area contributed by atoms with Gasteiger partial charge in [0.15, 0.2) is 11.0 Å². The van der Waals surface area contributed by atoms with Crippen LogP contribution in [-0.4, -0.2) is 67.8 Å². The van der Waals surface area contributed by atoms with Crippen molar-refractivity contribution in [2.24, 2.45) is 0 Å². The maximum Gasteiger partial charge on any atom is 0.416 e. The van der Waals surface area contributed by atoms with Crippen molar-refractivity contribution < 1.29 is 22.8 Å². The van der Waals surface area contributed by atoms with Gasteiger partial charge in [-0.3, -0.25) is 14.2 Å². The average Bonchev–Trinajstić information content (AvgIpc) is 3.44. The van der Waals surface area contributed by atoms with Gasteiger partial charge in [-0.2, -0.15) is 13.2 Å². The van der Waals surface area contributed by atoms with Crippen LogP contribution in [0.15, 0.2) is 84.0 Å². The first-order valence-electron chi connectivity index (χ1n) is 14.6. The predicted molar refractivity (Wildman–Crippen MR) is 165 cm³/mol. The van der Waals surface area contributed by atoms with Crippen LogP contribution in [0.4, 0.5) is 13.2 Å². The molecule has 7 nitrogen and oxygen atoms in total. The monoisotopic (exact) mass is 621 g/mol. The second-order valence-corrected chi connectivity index (χ2v) is 12.0. The Hall–Kier alpha value is -4.12. The van der Waals surface area contributed by atoms with Gasteiger partial charge in [0.05, 0.1) is 5.56 Å². The Kier molecular flexibility index (Phi) is 9.73. The number of thioether (sulfide) groups is 1. The highest BCUT2D eigenvalue weighted by molar-refractivity contribution is 7.99. The van der Waals surface area contributed by atoms with E-state index in [9.17, 15) is 22.8 Å². The topological polar surface area (TPSA) is 71.3 Å². The van der Waals surface area contributed by atoms with E-state index < -0.39 is 17.6 Å². The minimum absolute atomic E-state index is 0.00182. The molecule has 2 heterocycles. The highest BCUT2D eigenvalue weighted by Gasteiger charge is 2.33. The number of carbonyl (C=O) groups is 2. The Bertz CT molecular complexity index is 1590. The van der Waals surface area contributed by atoms with Gasteiger partial charge >= 0.3 is 6.18 Å². The second kappa shape index (κ2) is 13.7. The standard InChI is InChI=1S/C33H34F3N5O2S/c1-23-14-16-25(17-15-23)30-37-38-32(41(30)28-11-4-3-5-12-28)44-20-7-6-13-29(42)39-18-19-40(24(2)22-39)31(43)26-9-8-10-27(21-26)33(34,35)36/h3-5,8-12,14-17,21,24H,6-7,13,18-20,22H2,1-2H3. The van der Waals surface area contributed by atoms with Crippen molar-refractivity contribution >= 4 is 23.6 Å². The molecule has 1 aromatic heterocycles. The van der Waals surface area contributed by atoms with Gasteiger partial charge in [-0.15, -0.1) is 10.2 Å². The first kappa shape index (κ1) is 31.3. The summed E-state index contributed by atoms with van der Waals surface area (Å²) in [4.78, 5) is 29.2. The lowest BCUT2D eigenvalue weighted by atomic mass is 10.1. The number of para-hydroxylation sites is 1. The van der Waals surface area contributed by atoms with E-state index in [-0.39, 0.29) is 24.1 Å². The molecule has 44 heavy (non-hydrogen) atoms. The molecule has 1 saturated heterocycles. The SMILES string of the molecule is Cc1ccc(-c2nnc(SCCCCC(=O)N3CCN(C(=O)c4cccc(C(F)(F)F)c4)C(C)C3)n2-c2ccccc2)cc1. The van der Waals surface area contributed by atoms with Crippen LogP contribution in [-0.2, 0) is 11.0 Å². The van der Waals surface area contributed by atoms with Gasteiger partial charge < -0.3 is 9.80 Å². The zero-order chi connectivity index (χ0) is 31.3. The van der Waals surface area contributed by atoms with Gasteiger partial charge in [0.1, 0.15) is 0 Å². The Labute approximate surface area is 259 Å². The summed E-state index contributed by atoms with van der Waals surface area (Å²) in [7, 11) is 0. The summed E-state index contributed by atoms with van der Waals surface area (Å²) in [5.41, 5.74) is 2.28. The Morgan fingerprint density at radius 3 is 2.39 bits per heavy atom. The minimum Gasteiger partial charge on any atom is -0.339 e. The van der Waals surface area contributed by atoms with Crippen molar-refractivity contribution in [3.63, 3.8) is 0 Å². The lowest BCUT2D eigenvalue weighted by molar-refractivity contribution is -0.137. The van der Waals surface area contributed by atoms with Crippen LogP contribution >= 0.6 is 11.8 Å². The van der Waals surface area contributed by atoms with Gasteiger partial charge in [0.2, 0.25) is 5.91 Å². The second-order valence-electron chi connectivity index (χ2n) is 10.9. The molecule has 0 saturated carbocycles. The predicted octanol–water partition coefficient (Wildman–Crippen LogP) is 6.90. The molecule has 0 bridgehead atoms. The van der Waals surface area contributed by atoms with Crippen LogP contribution in [0.3, 0.4) is 0 Å². The summed E-state index contributed by atoms with van der Waals surface area (Å²) in [6, 6.07) is 22.3. The van der Waals surface area contributed by atoms with Crippen LogP contribution in [0.2, 0.25) is 0 Å². The molecule has 1 unspecified atom stereocenters. The van der Waals surface area contributed by atoms with Crippen LogP contribution < -0.4 is 0 Å². The van der Waals surface area contributed by atoms with Gasteiger partial charge in [0, 0.05) is 54.7 Å². The largest absolute Gasteiger partial charge is 0.416 e. The van der Waals surface area contributed by atoms with E-state index in [0.717, 1.165) is 46.5 Å². The molecule has 1 aliphatic heterocycles. The number of alkyl halides is 3. The van der Waals surface area contributed by atoms with Gasteiger partial charge in [-0.1, -0.05) is 65.9 Å². The zero-order valence-electron chi connectivity index (χ0n) is 24.6. The molecule has 0 N–H and O–H groups in total. The Morgan fingerprint density at radius 2 is 1.68 bits per heavy atom. The highest BCUT2D eigenvalue weighted by atomic mass is 32.2. The molecule has 0 radical (unpaired) electrons. The number of benzene rings is 3. The van der Waals surface area contributed by atoms with Gasteiger partial charge in [-0.25, -0.2) is 0 Å². The van der Waals surface area contributed by atoms with Crippen LogP contribution in [0, 0.1) is 6.92 Å². The third-order valence-corrected chi connectivity index (χ3v) is 8.67. The summed E-state index contributed by atoms with van der Waals surface area (Å²) in [6.07, 6.45) is -2.63. The van der Waals surface area contributed by atoms with E-state index in [1.54, 1.807) is 21.6 Å². The first-order valence-corrected chi connectivity index (χ1v) is 15.6. The lowest BCUT2D eigenvalue weighted by Gasteiger charge is -2.40. The summed E-state index contributed by atoms with van der Waals surface area (Å²) >= 11 is 1.60. The third-order valence-electron chi connectivity index (χ3n) is 7.65. The van der Waals surface area contributed by atoms with Crippen molar-refractivity contribution in [3.8, 4) is 17.1 Å². The van der Waals surface area contributed by atoms with E-state index in [4.69, 9.17) is 0 Å². The number of amides is 2. The van der Waals surface area contributed by atoms with Crippen LogP contribution in [0.25, 0.3) is 17.1 Å². The number of rotatable bonds is 9. The minimum atomic E-state index is -4.52. The Morgan fingerprint density at radius 1 is 0.932 bits per heavy atom. The molecule has 4 aromatic rings. The molecule has 0 aliphatic carbocycles. The number of hydrogen-bond acceptors (Lipinski definition) is 5. The number of halogens is 3. The number of carbonyl (C=O) groups excluding carboxylic acids is 2. The third kappa shape index (κ3) is 7.32. The molecule has 3 aromatic carbocycles. The molecule has 1 fully saturated rings. The normalized spacial score (nSPS) is 15.4. The van der Waals surface area contributed by atoms with Crippen LogP contribution in [0.5, 0.6) is 0 Å². The Balaban J connectivity index is 1.12. The fourth-order valence-corrected chi connectivity index (χ4v) is 6.19. The number of unbranched alkanes of at least 4 members (excludes halogenated alkanes) is 1. The maximum atomic E-state index is 13.1. The summed E-state index contributed by atoms with van der Waals surface area (Å²) < 4.78 is 41.4. The number of nitrogens with zero attached hydrogens (tertiary/aromatic N) is 5. The van der Waals surface area contributed by atoms with E-state index in [1.807, 2.05) is 56.3 Å². The summed E-state index contributed by atoms with van der Waals surface area (Å²) in [6.45, 7) is 4.83. The number of piperazine rings is 1. The van der Waals surface area contributed by atoms with E-state index in [1.165, 1.54) is 17.7 Å². The van der Waals surface area contributed by atoms with E-state index in [2.05, 4.69) is 26.9 Å². The van der Waals surface area contributed by atoms with E-state index in [0.29, 0.717) is 25.9 Å². The molecule has 0 spiro atoms. The van der Waals surface area contributed by atoms with Crippen molar-refractivity contribution in [2.75, 3.05) is 25.4 Å². The number of aryl methyl sites for hydroxylation is 1. The van der Waals surface area contributed by atoms with Gasteiger partial charge in [0.25, 0.3) is 5.91 Å². The molecular formula is C33H34F3N5O2S. The molecule has 1 aliphatic rings.